The van der Waals surface area contributed by atoms with Crippen LogP contribution in [0.3, 0.4) is 0 Å². The van der Waals surface area contributed by atoms with Gasteiger partial charge >= 0.3 is 11.8 Å². The minimum atomic E-state index is -4.80. The number of halogens is 5. The van der Waals surface area contributed by atoms with Crippen LogP contribution < -0.4 is 4.74 Å². The van der Waals surface area contributed by atoms with Crippen LogP contribution in [0.4, 0.5) is 22.0 Å². The zero-order valence-electron chi connectivity index (χ0n) is 12.6. The van der Waals surface area contributed by atoms with Crippen molar-refractivity contribution in [2.24, 2.45) is 0 Å². The highest BCUT2D eigenvalue weighted by Crippen LogP contribution is 2.59. The number of ether oxygens (including phenoxy) is 1. The van der Waals surface area contributed by atoms with E-state index in [9.17, 15) is 32.3 Å². The van der Waals surface area contributed by atoms with Crippen molar-refractivity contribution in [3.63, 3.8) is 0 Å². The molecule has 9 heteroatoms. The Morgan fingerprint density at radius 3 is 2.35 bits per heavy atom. The van der Waals surface area contributed by atoms with Gasteiger partial charge in [0.05, 0.1) is 11.6 Å². The van der Waals surface area contributed by atoms with Crippen LogP contribution in [-0.4, -0.2) is 11.0 Å². The van der Waals surface area contributed by atoms with Crippen LogP contribution >= 0.6 is 0 Å². The first kappa shape index (κ1) is 17.6. The van der Waals surface area contributed by atoms with Crippen LogP contribution in [0.2, 0.25) is 0 Å². The second-order valence-electron chi connectivity index (χ2n) is 5.50. The van der Waals surface area contributed by atoms with Crippen molar-refractivity contribution in [1.82, 2.24) is 0 Å². The van der Waals surface area contributed by atoms with Crippen LogP contribution in [0, 0.1) is 28.5 Å². The van der Waals surface area contributed by atoms with Crippen LogP contribution in [0.25, 0.3) is 0 Å². The Morgan fingerprint density at radius 1 is 1.04 bits per heavy atom. The highest BCUT2D eigenvalue weighted by Gasteiger charge is 2.69. The molecule has 132 valence electrons. The Morgan fingerprint density at radius 2 is 1.73 bits per heavy atom. The zero-order valence-corrected chi connectivity index (χ0v) is 12.6. The molecule has 26 heavy (non-hydrogen) atoms. The van der Waals surface area contributed by atoms with Crippen molar-refractivity contribution in [3.8, 4) is 23.6 Å². The van der Waals surface area contributed by atoms with E-state index in [2.05, 4.69) is 0 Å². The first-order chi connectivity index (χ1) is 12.1. The average molecular weight is 366 g/mol. The Hall–Kier alpha value is -3.17. The van der Waals surface area contributed by atoms with Crippen LogP contribution in [0.1, 0.15) is 28.4 Å². The fraction of sp³-hybridized carbons (Fsp3) is 0.176. The number of hydrogen-bond donors (Lipinski definition) is 1. The standard InChI is InChI=1S/C17H7F5N2O2/c18-9-3-8(6-23)4-10(5-9)26-13-2-1-12-14(11(13)7-24)15(25)17(21,22)16(12,19)20/h1-5,15,25H/t15-/m0/s1. The number of hydrogen-bond acceptors (Lipinski definition) is 4. The summed E-state index contributed by atoms with van der Waals surface area (Å²) in [6.07, 6.45) is -2.91. The highest BCUT2D eigenvalue weighted by molar-refractivity contribution is 5.59. The van der Waals surface area contributed by atoms with Gasteiger partial charge in [-0.25, -0.2) is 4.39 Å². The third-order valence-electron chi connectivity index (χ3n) is 3.92. The van der Waals surface area contributed by atoms with Gasteiger partial charge in [0.2, 0.25) is 0 Å². The molecule has 0 aromatic heterocycles. The maximum absolute atomic E-state index is 13.8. The Bertz CT molecular complexity index is 992. The fourth-order valence-corrected chi connectivity index (χ4v) is 2.70. The molecule has 2 aromatic rings. The van der Waals surface area contributed by atoms with Crippen molar-refractivity contribution in [1.29, 1.82) is 10.5 Å². The van der Waals surface area contributed by atoms with Gasteiger partial charge in [-0.1, -0.05) is 0 Å². The summed E-state index contributed by atoms with van der Waals surface area (Å²) in [6, 6.07) is 7.45. The molecule has 0 fully saturated rings. The quantitative estimate of drug-likeness (QED) is 0.811. The Kier molecular flexibility index (Phi) is 3.86. The summed E-state index contributed by atoms with van der Waals surface area (Å²) in [6.45, 7) is 0. The summed E-state index contributed by atoms with van der Waals surface area (Å²) in [7, 11) is 0. The molecule has 3 rings (SSSR count). The summed E-state index contributed by atoms with van der Waals surface area (Å²) in [5.74, 6) is -11.0. The number of alkyl halides is 4. The molecule has 0 saturated heterocycles. The van der Waals surface area contributed by atoms with Gasteiger partial charge in [-0.2, -0.15) is 28.1 Å². The lowest BCUT2D eigenvalue weighted by molar-refractivity contribution is -0.246. The molecule has 1 aliphatic carbocycles. The van der Waals surface area contributed by atoms with Gasteiger partial charge in [-0.05, 0) is 24.3 Å². The minimum Gasteiger partial charge on any atom is -0.456 e. The van der Waals surface area contributed by atoms with Crippen LogP contribution in [-0.2, 0) is 5.92 Å². The van der Waals surface area contributed by atoms with Crippen molar-refractivity contribution in [3.05, 3.63) is 58.4 Å². The van der Waals surface area contributed by atoms with Crippen LogP contribution in [0.15, 0.2) is 30.3 Å². The number of rotatable bonds is 2. The van der Waals surface area contributed by atoms with E-state index >= 15 is 0 Å². The predicted octanol–water partition coefficient (Wildman–Crippen LogP) is 4.14. The first-order valence-electron chi connectivity index (χ1n) is 7.03. The first-order valence-corrected chi connectivity index (χ1v) is 7.03. The second-order valence-corrected chi connectivity index (χ2v) is 5.50. The van der Waals surface area contributed by atoms with E-state index in [0.29, 0.717) is 6.07 Å². The van der Waals surface area contributed by atoms with E-state index in [-0.39, 0.29) is 11.3 Å². The smallest absolute Gasteiger partial charge is 0.343 e. The molecule has 1 atom stereocenters. The van der Waals surface area contributed by atoms with E-state index in [1.807, 2.05) is 0 Å². The third kappa shape index (κ3) is 2.37. The molecule has 0 bridgehead atoms. The molecule has 0 radical (unpaired) electrons. The third-order valence-corrected chi connectivity index (χ3v) is 3.92. The summed E-state index contributed by atoms with van der Waals surface area (Å²) in [5, 5.41) is 27.7. The average Bonchev–Trinajstić information content (AvgIpc) is 2.72. The van der Waals surface area contributed by atoms with Gasteiger partial charge < -0.3 is 9.84 Å². The molecular weight excluding hydrogens is 359 g/mol. The molecule has 0 heterocycles. The molecule has 0 spiro atoms. The maximum atomic E-state index is 13.8. The Labute approximate surface area is 143 Å². The van der Waals surface area contributed by atoms with Crippen molar-refractivity contribution < 1.29 is 31.8 Å². The largest absolute Gasteiger partial charge is 0.456 e. The molecule has 0 saturated carbocycles. The van der Waals surface area contributed by atoms with E-state index < -0.39 is 46.2 Å². The molecule has 0 amide bonds. The monoisotopic (exact) mass is 366 g/mol. The summed E-state index contributed by atoms with van der Waals surface area (Å²) < 4.78 is 73.8. The van der Waals surface area contributed by atoms with Gasteiger partial charge in [-0.15, -0.1) is 0 Å². The highest BCUT2D eigenvalue weighted by atomic mass is 19.3. The molecule has 2 aromatic carbocycles. The number of aliphatic hydroxyl groups excluding tert-OH is 1. The van der Waals surface area contributed by atoms with Crippen molar-refractivity contribution in [2.45, 2.75) is 17.9 Å². The number of nitriles is 2. The van der Waals surface area contributed by atoms with E-state index in [0.717, 1.165) is 24.3 Å². The lowest BCUT2D eigenvalue weighted by atomic mass is 10.0. The SMILES string of the molecule is N#Cc1cc(F)cc(Oc2ccc3c(c2C#N)[C@H](O)C(F)(F)C3(F)F)c1. The molecule has 1 aliphatic rings. The number of aliphatic hydroxyl groups is 1. The molecular formula is C17H7F5N2O2. The molecule has 4 nitrogen and oxygen atoms in total. The van der Waals surface area contributed by atoms with Gasteiger partial charge in [0.25, 0.3) is 0 Å². The maximum Gasteiger partial charge on any atom is 0.343 e. The molecule has 1 N–H and O–H groups in total. The van der Waals surface area contributed by atoms with Crippen molar-refractivity contribution >= 4 is 0 Å². The van der Waals surface area contributed by atoms with E-state index in [1.54, 1.807) is 6.07 Å². The minimum absolute atomic E-state index is 0.113. The Balaban J connectivity index is 2.14. The van der Waals surface area contributed by atoms with Gasteiger partial charge in [0.15, 0.2) is 6.10 Å². The number of nitrogens with zero attached hydrogens (tertiary/aromatic N) is 2. The second kappa shape index (κ2) is 5.68. The van der Waals surface area contributed by atoms with Gasteiger partial charge in [0.1, 0.15) is 28.9 Å². The zero-order chi connectivity index (χ0) is 19.3. The van der Waals surface area contributed by atoms with Crippen molar-refractivity contribution in [2.75, 3.05) is 0 Å². The van der Waals surface area contributed by atoms with Gasteiger partial charge in [-0.3, -0.25) is 0 Å². The van der Waals surface area contributed by atoms with Gasteiger partial charge in [0, 0.05) is 17.2 Å². The lowest BCUT2D eigenvalue weighted by Gasteiger charge is -2.20. The van der Waals surface area contributed by atoms with Crippen LogP contribution in [0.5, 0.6) is 11.5 Å². The van der Waals surface area contributed by atoms with E-state index in [1.165, 1.54) is 6.07 Å². The molecule has 0 aliphatic heterocycles. The number of benzene rings is 2. The topological polar surface area (TPSA) is 77.0 Å². The summed E-state index contributed by atoms with van der Waals surface area (Å²) in [4.78, 5) is 0. The number of fused-ring (bicyclic) bond motifs is 1. The summed E-state index contributed by atoms with van der Waals surface area (Å²) >= 11 is 0. The summed E-state index contributed by atoms with van der Waals surface area (Å²) in [5.41, 5.74) is -2.97. The lowest BCUT2D eigenvalue weighted by Crippen LogP contribution is -2.36. The van der Waals surface area contributed by atoms with E-state index in [4.69, 9.17) is 10.00 Å². The molecule has 0 unspecified atom stereocenters. The normalized spacial score (nSPS) is 19.3. The predicted molar refractivity (Wildman–Crippen MR) is 76.1 cm³/mol. The fourth-order valence-electron chi connectivity index (χ4n) is 2.70.